The second kappa shape index (κ2) is 4.31. The highest BCUT2D eigenvalue weighted by Gasteiger charge is 2.17. The van der Waals surface area contributed by atoms with E-state index < -0.39 is 6.10 Å². The van der Waals surface area contributed by atoms with Crippen LogP contribution >= 0.6 is 0 Å². The molecule has 0 saturated heterocycles. The summed E-state index contributed by atoms with van der Waals surface area (Å²) in [4.78, 5) is 4.52. The lowest BCUT2D eigenvalue weighted by Gasteiger charge is -2.20. The maximum Gasteiger partial charge on any atom is 0.114 e. The average molecular weight is 207 g/mol. The molecule has 0 saturated carbocycles. The average Bonchev–Trinajstić information content (AvgIpc) is 2.06. The molecule has 1 rings (SSSR count). The van der Waals surface area contributed by atoms with Crippen LogP contribution in [0.3, 0.4) is 0 Å². The van der Waals surface area contributed by atoms with E-state index in [2.05, 4.69) is 18.8 Å². The van der Waals surface area contributed by atoms with Crippen LogP contribution in [0.1, 0.15) is 34.6 Å². The first-order valence-electron chi connectivity index (χ1n) is 5.47. The summed E-state index contributed by atoms with van der Waals surface area (Å²) in [6, 6.07) is 0. The molecular weight excluding hydrogens is 186 g/mol. The Bertz CT molecular complexity index is 316. The van der Waals surface area contributed by atoms with E-state index in [0.717, 1.165) is 5.71 Å². The molecule has 1 aliphatic carbocycles. The fraction of sp³-hybridized carbons (Fsp3) is 0.615. The molecule has 1 atom stereocenters. The van der Waals surface area contributed by atoms with Gasteiger partial charge in [0.1, 0.15) is 6.10 Å². The molecule has 0 radical (unpaired) electrons. The van der Waals surface area contributed by atoms with Gasteiger partial charge in [-0.05, 0) is 44.4 Å². The van der Waals surface area contributed by atoms with Gasteiger partial charge in [-0.15, -0.1) is 0 Å². The minimum atomic E-state index is -0.549. The van der Waals surface area contributed by atoms with Crippen molar-refractivity contribution in [3.63, 3.8) is 0 Å². The van der Waals surface area contributed by atoms with Crippen molar-refractivity contribution in [1.29, 1.82) is 0 Å². The van der Waals surface area contributed by atoms with Crippen molar-refractivity contribution in [3.05, 3.63) is 23.8 Å². The Balaban J connectivity index is 2.99. The van der Waals surface area contributed by atoms with E-state index in [1.165, 1.54) is 5.57 Å². The van der Waals surface area contributed by atoms with E-state index in [4.69, 9.17) is 0 Å². The first kappa shape index (κ1) is 12.2. The van der Waals surface area contributed by atoms with Gasteiger partial charge in [-0.3, -0.25) is 4.99 Å². The number of aliphatic hydroxyl groups excluding tert-OH is 1. The molecule has 0 aromatic heterocycles. The van der Waals surface area contributed by atoms with Gasteiger partial charge in [0.05, 0.1) is 11.3 Å². The highest BCUT2D eigenvalue weighted by molar-refractivity contribution is 6.02. The molecule has 0 aromatic carbocycles. The Hall–Kier alpha value is -0.890. The monoisotopic (exact) mass is 207 g/mol. The predicted octanol–water partition coefficient (Wildman–Crippen LogP) is 2.74. The summed E-state index contributed by atoms with van der Waals surface area (Å²) in [5.74, 6) is 0.471. The summed E-state index contributed by atoms with van der Waals surface area (Å²) < 4.78 is 0. The Morgan fingerprint density at radius 2 is 1.93 bits per heavy atom. The van der Waals surface area contributed by atoms with Crippen molar-refractivity contribution in [2.45, 2.75) is 46.3 Å². The SMILES string of the molecule is CC(C)C1=CC(=NC(C)(C)C)C(O)C=C1. The Kier molecular flexibility index (Phi) is 3.50. The number of nitrogens with zero attached hydrogens (tertiary/aromatic N) is 1. The van der Waals surface area contributed by atoms with E-state index >= 15 is 0 Å². The van der Waals surface area contributed by atoms with Crippen LogP contribution in [0.25, 0.3) is 0 Å². The van der Waals surface area contributed by atoms with Gasteiger partial charge < -0.3 is 5.11 Å². The molecule has 0 aliphatic heterocycles. The van der Waals surface area contributed by atoms with Crippen molar-refractivity contribution >= 4 is 5.71 Å². The lowest BCUT2D eigenvalue weighted by atomic mass is 9.94. The Labute approximate surface area is 92.4 Å². The first-order chi connectivity index (χ1) is 6.79. The molecule has 2 heteroatoms. The summed E-state index contributed by atoms with van der Waals surface area (Å²) in [6.45, 7) is 10.4. The van der Waals surface area contributed by atoms with Gasteiger partial charge in [-0.1, -0.05) is 19.9 Å². The molecule has 0 aromatic rings. The predicted molar refractivity (Wildman–Crippen MR) is 65.3 cm³/mol. The topological polar surface area (TPSA) is 32.6 Å². The minimum absolute atomic E-state index is 0.139. The number of aliphatic hydroxyl groups is 1. The lowest BCUT2D eigenvalue weighted by Crippen LogP contribution is -2.24. The summed E-state index contributed by atoms with van der Waals surface area (Å²) in [6.07, 6.45) is 5.24. The summed E-state index contributed by atoms with van der Waals surface area (Å²) in [5, 5.41) is 9.77. The zero-order chi connectivity index (χ0) is 11.6. The zero-order valence-electron chi connectivity index (χ0n) is 10.3. The van der Waals surface area contributed by atoms with Crippen LogP contribution in [0, 0.1) is 5.92 Å². The number of rotatable bonds is 1. The highest BCUT2D eigenvalue weighted by atomic mass is 16.3. The molecule has 0 heterocycles. The third kappa shape index (κ3) is 3.63. The van der Waals surface area contributed by atoms with Gasteiger partial charge in [0.15, 0.2) is 0 Å². The summed E-state index contributed by atoms with van der Waals surface area (Å²) in [7, 11) is 0. The van der Waals surface area contributed by atoms with Gasteiger partial charge in [0.2, 0.25) is 0 Å². The number of hydrogen-bond donors (Lipinski definition) is 1. The van der Waals surface area contributed by atoms with E-state index in [1.807, 2.05) is 32.9 Å². The van der Waals surface area contributed by atoms with Crippen molar-refractivity contribution in [1.82, 2.24) is 0 Å². The largest absolute Gasteiger partial charge is 0.383 e. The Morgan fingerprint density at radius 1 is 1.33 bits per heavy atom. The van der Waals surface area contributed by atoms with Gasteiger partial charge in [0, 0.05) is 0 Å². The zero-order valence-corrected chi connectivity index (χ0v) is 10.3. The normalized spacial score (nSPS) is 24.9. The number of allylic oxidation sites excluding steroid dienone is 2. The third-order valence-corrected chi connectivity index (χ3v) is 2.22. The van der Waals surface area contributed by atoms with Crippen molar-refractivity contribution in [2.75, 3.05) is 0 Å². The molecule has 0 fully saturated rings. The van der Waals surface area contributed by atoms with Crippen molar-refractivity contribution in [2.24, 2.45) is 10.9 Å². The fourth-order valence-electron chi connectivity index (χ4n) is 1.45. The molecule has 1 unspecified atom stereocenters. The Morgan fingerprint density at radius 3 is 2.40 bits per heavy atom. The van der Waals surface area contributed by atoms with Gasteiger partial charge >= 0.3 is 0 Å². The lowest BCUT2D eigenvalue weighted by molar-refractivity contribution is 0.287. The standard InChI is InChI=1S/C13H21NO/c1-9(2)10-6-7-12(15)11(8-10)14-13(3,4)5/h6-9,12,15H,1-5H3. The van der Waals surface area contributed by atoms with Crippen LogP contribution < -0.4 is 0 Å². The maximum atomic E-state index is 9.77. The van der Waals surface area contributed by atoms with Crippen molar-refractivity contribution < 1.29 is 5.11 Å². The molecular formula is C13H21NO. The van der Waals surface area contributed by atoms with Crippen LogP contribution in [0.2, 0.25) is 0 Å². The van der Waals surface area contributed by atoms with E-state index in [1.54, 1.807) is 6.08 Å². The van der Waals surface area contributed by atoms with Crippen LogP contribution in [0.4, 0.5) is 0 Å². The molecule has 1 N–H and O–H groups in total. The quantitative estimate of drug-likeness (QED) is 0.704. The fourth-order valence-corrected chi connectivity index (χ4v) is 1.45. The molecule has 1 aliphatic rings. The highest BCUT2D eigenvalue weighted by Crippen LogP contribution is 2.19. The van der Waals surface area contributed by atoms with Gasteiger partial charge in [-0.2, -0.15) is 0 Å². The molecule has 0 bridgehead atoms. The first-order valence-corrected chi connectivity index (χ1v) is 5.47. The van der Waals surface area contributed by atoms with E-state index in [-0.39, 0.29) is 5.54 Å². The number of hydrogen-bond acceptors (Lipinski definition) is 2. The molecule has 0 spiro atoms. The van der Waals surface area contributed by atoms with E-state index in [9.17, 15) is 5.11 Å². The third-order valence-electron chi connectivity index (χ3n) is 2.22. The molecule has 2 nitrogen and oxygen atoms in total. The minimum Gasteiger partial charge on any atom is -0.383 e. The van der Waals surface area contributed by atoms with E-state index in [0.29, 0.717) is 5.92 Å². The number of aliphatic imine (C=N–C) groups is 1. The van der Waals surface area contributed by atoms with Crippen LogP contribution in [-0.2, 0) is 0 Å². The van der Waals surface area contributed by atoms with Crippen LogP contribution in [0.15, 0.2) is 28.8 Å². The molecule has 84 valence electrons. The molecule has 0 amide bonds. The summed E-state index contributed by atoms with van der Waals surface area (Å²) >= 11 is 0. The summed E-state index contributed by atoms with van der Waals surface area (Å²) in [5.41, 5.74) is 1.86. The smallest absolute Gasteiger partial charge is 0.114 e. The van der Waals surface area contributed by atoms with Crippen molar-refractivity contribution in [3.8, 4) is 0 Å². The van der Waals surface area contributed by atoms with Crippen LogP contribution in [0.5, 0.6) is 0 Å². The van der Waals surface area contributed by atoms with Gasteiger partial charge in [-0.25, -0.2) is 0 Å². The second-order valence-electron chi connectivity index (χ2n) is 5.31. The maximum absolute atomic E-state index is 9.77. The van der Waals surface area contributed by atoms with Crippen LogP contribution in [-0.4, -0.2) is 22.5 Å². The second-order valence-corrected chi connectivity index (χ2v) is 5.31. The van der Waals surface area contributed by atoms with Gasteiger partial charge in [0.25, 0.3) is 0 Å². The molecule has 15 heavy (non-hydrogen) atoms.